The molecule has 7 heteroatoms. The van der Waals surface area contributed by atoms with E-state index in [9.17, 15) is 0 Å². The first kappa shape index (κ1) is 15.4. The zero-order chi connectivity index (χ0) is 15.4. The number of benzene rings is 1. The van der Waals surface area contributed by atoms with Crippen LogP contribution in [0.25, 0.3) is 0 Å². The molecule has 2 heterocycles. The molecule has 1 fully saturated rings. The Morgan fingerprint density at radius 2 is 2.27 bits per heavy atom. The fourth-order valence-electron chi connectivity index (χ4n) is 2.51. The maximum absolute atomic E-state index is 5.43. The topological polar surface area (TPSA) is 64.1 Å². The molecule has 0 bridgehead atoms. The van der Waals surface area contributed by atoms with Crippen LogP contribution < -0.4 is 20.1 Å². The zero-order valence-corrected chi connectivity index (χ0v) is 14.1. The van der Waals surface area contributed by atoms with Crippen LogP contribution in [0.5, 0.6) is 11.5 Å². The van der Waals surface area contributed by atoms with Crippen molar-refractivity contribution in [1.82, 2.24) is 10.6 Å². The van der Waals surface area contributed by atoms with Crippen LogP contribution in [-0.4, -0.2) is 39.6 Å². The van der Waals surface area contributed by atoms with Gasteiger partial charge in [-0.25, -0.2) is 0 Å². The molecule has 1 unspecified atom stereocenters. The molecule has 3 rings (SSSR count). The lowest BCUT2D eigenvalue weighted by Gasteiger charge is -2.14. The van der Waals surface area contributed by atoms with Gasteiger partial charge in [0, 0.05) is 32.7 Å². The van der Waals surface area contributed by atoms with E-state index in [-0.39, 0.29) is 6.79 Å². The van der Waals surface area contributed by atoms with Gasteiger partial charge in [-0.15, -0.1) is 0 Å². The number of hydrogen-bond donors (Lipinski definition) is 2. The lowest BCUT2D eigenvalue weighted by molar-refractivity contribution is 0.173. The number of rotatable bonds is 4. The first-order chi connectivity index (χ1) is 10.8. The van der Waals surface area contributed by atoms with Crippen molar-refractivity contribution in [3.63, 3.8) is 0 Å². The minimum absolute atomic E-state index is 0.275. The average Bonchev–Trinajstić information content (AvgIpc) is 3.18. The van der Waals surface area contributed by atoms with Gasteiger partial charge in [0.15, 0.2) is 17.5 Å². The summed E-state index contributed by atoms with van der Waals surface area (Å²) in [4.78, 5) is 4.24. The summed E-state index contributed by atoms with van der Waals surface area (Å²) in [6.07, 6.45) is 1.11. The van der Waals surface area contributed by atoms with E-state index in [2.05, 4.69) is 31.6 Å². The van der Waals surface area contributed by atoms with Crippen LogP contribution in [0.3, 0.4) is 0 Å². The smallest absolute Gasteiger partial charge is 0.231 e. The normalized spacial score (nSPS) is 20.3. The Hall–Kier alpha value is -1.47. The predicted molar refractivity (Wildman–Crippen MR) is 87.4 cm³/mol. The van der Waals surface area contributed by atoms with Gasteiger partial charge >= 0.3 is 0 Å². The molecule has 0 aromatic heterocycles. The molecule has 2 aliphatic heterocycles. The lowest BCUT2D eigenvalue weighted by Crippen LogP contribution is -2.39. The quantitative estimate of drug-likeness (QED) is 0.626. The van der Waals surface area contributed by atoms with Crippen LogP contribution in [-0.2, 0) is 11.3 Å². The van der Waals surface area contributed by atoms with Gasteiger partial charge in [0.1, 0.15) is 0 Å². The highest BCUT2D eigenvalue weighted by atomic mass is 79.9. The molecule has 0 saturated carbocycles. The Kier molecular flexibility index (Phi) is 5.04. The molecule has 2 aliphatic rings. The summed E-state index contributed by atoms with van der Waals surface area (Å²) < 4.78 is 17.1. The first-order valence-corrected chi connectivity index (χ1v) is 8.16. The second kappa shape index (κ2) is 7.19. The first-order valence-electron chi connectivity index (χ1n) is 7.36. The molecule has 0 amide bonds. The molecule has 1 saturated heterocycles. The molecule has 1 atom stereocenters. The fraction of sp³-hybridized carbons (Fsp3) is 0.533. The minimum Gasteiger partial charge on any atom is -0.454 e. The number of nitrogens with zero attached hydrogens (tertiary/aromatic N) is 1. The summed E-state index contributed by atoms with van der Waals surface area (Å²) >= 11 is 3.51. The molecule has 120 valence electrons. The highest BCUT2D eigenvalue weighted by Crippen LogP contribution is 2.39. The number of nitrogens with one attached hydrogen (secondary N) is 2. The monoisotopic (exact) mass is 369 g/mol. The summed E-state index contributed by atoms with van der Waals surface area (Å²) in [7, 11) is 1.77. The van der Waals surface area contributed by atoms with Crippen LogP contribution in [0.15, 0.2) is 21.6 Å². The van der Waals surface area contributed by atoms with Crippen LogP contribution in [0.2, 0.25) is 0 Å². The summed E-state index contributed by atoms with van der Waals surface area (Å²) in [6, 6.07) is 4.01. The number of fused-ring (bicyclic) bond motifs is 1. The minimum atomic E-state index is 0.275. The lowest BCUT2D eigenvalue weighted by atomic mass is 10.1. The summed E-state index contributed by atoms with van der Waals surface area (Å²) in [5, 5.41) is 6.65. The molecule has 0 radical (unpaired) electrons. The van der Waals surface area contributed by atoms with Gasteiger partial charge in [-0.05, 0) is 40.0 Å². The van der Waals surface area contributed by atoms with Crippen LogP contribution in [0.1, 0.15) is 12.0 Å². The van der Waals surface area contributed by atoms with E-state index in [0.29, 0.717) is 12.5 Å². The third kappa shape index (κ3) is 3.64. The van der Waals surface area contributed by atoms with E-state index in [0.717, 1.165) is 53.7 Å². The Balaban J connectivity index is 1.53. The Morgan fingerprint density at radius 3 is 3.05 bits per heavy atom. The average molecular weight is 370 g/mol. The molecule has 22 heavy (non-hydrogen) atoms. The van der Waals surface area contributed by atoms with Gasteiger partial charge in [-0.2, -0.15) is 0 Å². The number of aliphatic imine (C=N–C) groups is 1. The maximum atomic E-state index is 5.43. The Labute approximate surface area is 138 Å². The number of ether oxygens (including phenoxy) is 3. The van der Waals surface area contributed by atoms with Gasteiger partial charge in [-0.3, -0.25) is 4.99 Å². The highest BCUT2D eigenvalue weighted by molar-refractivity contribution is 9.10. The van der Waals surface area contributed by atoms with Crippen LogP contribution >= 0.6 is 15.9 Å². The molecular formula is C15H20BrN3O3. The molecule has 2 N–H and O–H groups in total. The summed E-state index contributed by atoms with van der Waals surface area (Å²) in [5.41, 5.74) is 1.10. The van der Waals surface area contributed by atoms with Gasteiger partial charge in [0.05, 0.1) is 11.1 Å². The zero-order valence-electron chi connectivity index (χ0n) is 12.5. The highest BCUT2D eigenvalue weighted by Gasteiger charge is 2.18. The summed E-state index contributed by atoms with van der Waals surface area (Å²) in [5.74, 6) is 2.91. The molecule has 0 spiro atoms. The van der Waals surface area contributed by atoms with Gasteiger partial charge in [0.25, 0.3) is 0 Å². The largest absolute Gasteiger partial charge is 0.454 e. The van der Waals surface area contributed by atoms with Crippen molar-refractivity contribution in [2.75, 3.05) is 33.6 Å². The predicted octanol–water partition coefficient (Wildman–Crippen LogP) is 1.88. The van der Waals surface area contributed by atoms with Crippen molar-refractivity contribution in [3.05, 3.63) is 22.2 Å². The number of hydrogen-bond acceptors (Lipinski definition) is 4. The SMILES string of the molecule is CN=C(NCc1cc(Br)c2c(c1)OCO2)NCC1CCOC1. The van der Waals surface area contributed by atoms with E-state index >= 15 is 0 Å². The van der Waals surface area contributed by atoms with E-state index in [1.165, 1.54) is 0 Å². The van der Waals surface area contributed by atoms with Crippen LogP contribution in [0.4, 0.5) is 0 Å². The fourth-order valence-corrected chi connectivity index (χ4v) is 3.12. The van der Waals surface area contributed by atoms with Gasteiger partial charge < -0.3 is 24.8 Å². The van der Waals surface area contributed by atoms with Crippen molar-refractivity contribution in [2.45, 2.75) is 13.0 Å². The van der Waals surface area contributed by atoms with E-state index < -0.39 is 0 Å². The van der Waals surface area contributed by atoms with Crippen molar-refractivity contribution in [1.29, 1.82) is 0 Å². The molecule has 1 aromatic rings. The molecule has 0 aliphatic carbocycles. The van der Waals surface area contributed by atoms with E-state index in [1.54, 1.807) is 7.05 Å². The third-order valence-electron chi connectivity index (χ3n) is 3.75. The standard InChI is InChI=1S/C15H20BrN3O3/c1-17-15(18-6-10-2-3-20-8-10)19-7-11-4-12(16)14-13(5-11)21-9-22-14/h4-5,10H,2-3,6-9H2,1H3,(H2,17,18,19). The van der Waals surface area contributed by atoms with E-state index in [4.69, 9.17) is 14.2 Å². The van der Waals surface area contributed by atoms with Crippen LogP contribution in [0, 0.1) is 5.92 Å². The van der Waals surface area contributed by atoms with Crippen molar-refractivity contribution in [2.24, 2.45) is 10.9 Å². The van der Waals surface area contributed by atoms with E-state index in [1.807, 2.05) is 12.1 Å². The third-order valence-corrected chi connectivity index (χ3v) is 4.34. The van der Waals surface area contributed by atoms with Crippen molar-refractivity contribution in [3.8, 4) is 11.5 Å². The summed E-state index contributed by atoms with van der Waals surface area (Å²) in [6.45, 7) is 3.51. The number of guanidine groups is 1. The Bertz CT molecular complexity index is 559. The molecular weight excluding hydrogens is 350 g/mol. The van der Waals surface area contributed by atoms with Gasteiger partial charge in [0.2, 0.25) is 6.79 Å². The van der Waals surface area contributed by atoms with Crippen molar-refractivity contribution >= 4 is 21.9 Å². The maximum Gasteiger partial charge on any atom is 0.231 e. The van der Waals surface area contributed by atoms with Crippen molar-refractivity contribution < 1.29 is 14.2 Å². The molecule has 1 aromatic carbocycles. The number of halogens is 1. The van der Waals surface area contributed by atoms with Gasteiger partial charge in [-0.1, -0.05) is 0 Å². The second-order valence-corrected chi connectivity index (χ2v) is 6.20. The Morgan fingerprint density at radius 1 is 1.36 bits per heavy atom. The molecule has 6 nitrogen and oxygen atoms in total. The second-order valence-electron chi connectivity index (χ2n) is 5.35.